The Bertz CT molecular complexity index is 759. The summed E-state index contributed by atoms with van der Waals surface area (Å²) in [5, 5.41) is 13.1. The molecule has 0 radical (unpaired) electrons. The summed E-state index contributed by atoms with van der Waals surface area (Å²) in [6.07, 6.45) is 1.97. The molecule has 2 aromatic carbocycles. The molecule has 1 aliphatic rings. The van der Waals surface area contributed by atoms with Gasteiger partial charge in [0.15, 0.2) is 0 Å². The summed E-state index contributed by atoms with van der Waals surface area (Å²) >= 11 is 0. The van der Waals surface area contributed by atoms with E-state index in [1.54, 1.807) is 24.1 Å². The van der Waals surface area contributed by atoms with Gasteiger partial charge in [-0.3, -0.25) is 0 Å². The number of ether oxygens (including phenoxy) is 2. The molecule has 0 aliphatic carbocycles. The molecule has 1 saturated heterocycles. The molecule has 6 heteroatoms. The highest BCUT2D eigenvalue weighted by atomic mass is 16.5. The molecule has 1 atom stereocenters. The quantitative estimate of drug-likeness (QED) is 0.779. The van der Waals surface area contributed by atoms with Crippen molar-refractivity contribution in [3.63, 3.8) is 0 Å². The molecule has 0 bridgehead atoms. The maximum Gasteiger partial charge on any atom is 0.322 e. The van der Waals surface area contributed by atoms with E-state index < -0.39 is 0 Å². The average Bonchev–Trinajstić information content (AvgIpc) is 3.18. The van der Waals surface area contributed by atoms with E-state index in [9.17, 15) is 9.90 Å². The smallest absolute Gasteiger partial charge is 0.322 e. The summed E-state index contributed by atoms with van der Waals surface area (Å²) in [6.45, 7) is 1.94. The van der Waals surface area contributed by atoms with Crippen LogP contribution in [0.3, 0.4) is 0 Å². The number of phenols is 1. The lowest BCUT2D eigenvalue weighted by Crippen LogP contribution is -2.39. The molecule has 0 aromatic heterocycles. The minimum absolute atomic E-state index is 0.0239. The fraction of sp³-hybridized carbons (Fsp3) is 0.381. The Kier molecular flexibility index (Phi) is 6.68. The minimum atomic E-state index is -0.225. The summed E-state index contributed by atoms with van der Waals surface area (Å²) < 4.78 is 10.9. The van der Waals surface area contributed by atoms with Crippen LogP contribution in [0.25, 0.3) is 0 Å². The molecular formula is C21H26N2O4. The molecule has 27 heavy (non-hydrogen) atoms. The van der Waals surface area contributed by atoms with Gasteiger partial charge in [-0.15, -0.1) is 0 Å². The Hall–Kier alpha value is -2.57. The highest BCUT2D eigenvalue weighted by Gasteiger charge is 2.24. The first-order valence-electron chi connectivity index (χ1n) is 9.18. The molecule has 2 N–H and O–H groups in total. The Morgan fingerprint density at radius 2 is 1.96 bits per heavy atom. The van der Waals surface area contributed by atoms with E-state index in [0.29, 0.717) is 25.3 Å². The number of benzene rings is 2. The van der Waals surface area contributed by atoms with Gasteiger partial charge in [-0.25, -0.2) is 4.79 Å². The number of hydrogen-bond acceptors (Lipinski definition) is 4. The molecule has 0 spiro atoms. The van der Waals surface area contributed by atoms with Gasteiger partial charge in [0.25, 0.3) is 0 Å². The Morgan fingerprint density at radius 3 is 2.67 bits per heavy atom. The number of carbonyl (C=O) groups excluding carboxylic acids is 1. The van der Waals surface area contributed by atoms with E-state index in [4.69, 9.17) is 9.47 Å². The standard InChI is InChI=1S/C21H26N2O4/c1-26-15-17-8-2-4-10-19(17)22-21(25)23(14-18-9-6-12-27-18)13-16-7-3-5-11-20(16)24/h2-5,7-8,10-11,18,24H,6,9,12-15H2,1H3,(H,22,25)/t18-/m1/s1. The molecule has 3 rings (SSSR count). The van der Waals surface area contributed by atoms with Crippen molar-refractivity contribution in [2.75, 3.05) is 25.6 Å². The summed E-state index contributed by atoms with van der Waals surface area (Å²) in [5.74, 6) is 0.183. The molecule has 6 nitrogen and oxygen atoms in total. The Balaban J connectivity index is 1.76. The van der Waals surface area contributed by atoms with Gasteiger partial charge in [0, 0.05) is 37.1 Å². The lowest BCUT2D eigenvalue weighted by atomic mass is 10.1. The van der Waals surface area contributed by atoms with Crippen LogP contribution in [0.2, 0.25) is 0 Å². The van der Waals surface area contributed by atoms with Crippen LogP contribution in [0.5, 0.6) is 5.75 Å². The van der Waals surface area contributed by atoms with Crippen molar-refractivity contribution in [2.24, 2.45) is 0 Å². The van der Waals surface area contributed by atoms with Crippen molar-refractivity contribution in [2.45, 2.75) is 32.1 Å². The third-order valence-corrected chi connectivity index (χ3v) is 4.65. The van der Waals surface area contributed by atoms with E-state index in [0.717, 1.165) is 30.7 Å². The van der Waals surface area contributed by atoms with Gasteiger partial charge in [0.1, 0.15) is 5.75 Å². The van der Waals surface area contributed by atoms with E-state index in [1.807, 2.05) is 36.4 Å². The van der Waals surface area contributed by atoms with Crippen molar-refractivity contribution in [1.82, 2.24) is 4.90 Å². The minimum Gasteiger partial charge on any atom is -0.508 e. The van der Waals surface area contributed by atoms with Gasteiger partial charge < -0.3 is 24.8 Å². The third-order valence-electron chi connectivity index (χ3n) is 4.65. The van der Waals surface area contributed by atoms with Crippen molar-refractivity contribution in [3.05, 3.63) is 59.7 Å². The van der Waals surface area contributed by atoms with Crippen LogP contribution in [0.1, 0.15) is 24.0 Å². The van der Waals surface area contributed by atoms with Gasteiger partial charge in [0.05, 0.1) is 19.3 Å². The first-order chi connectivity index (χ1) is 13.2. The first-order valence-corrected chi connectivity index (χ1v) is 9.18. The van der Waals surface area contributed by atoms with Gasteiger partial charge in [-0.1, -0.05) is 36.4 Å². The number of nitrogens with zero attached hydrogens (tertiary/aromatic N) is 1. The second-order valence-electron chi connectivity index (χ2n) is 6.66. The Morgan fingerprint density at radius 1 is 1.22 bits per heavy atom. The van der Waals surface area contributed by atoms with Crippen molar-refractivity contribution in [3.8, 4) is 5.75 Å². The summed E-state index contributed by atoms with van der Waals surface area (Å²) in [6, 6.07) is 14.4. The lowest BCUT2D eigenvalue weighted by Gasteiger charge is -2.26. The first kappa shape index (κ1) is 19.2. The second kappa shape index (κ2) is 9.39. The second-order valence-corrected chi connectivity index (χ2v) is 6.66. The fourth-order valence-corrected chi connectivity index (χ4v) is 3.22. The number of nitrogens with one attached hydrogen (secondary N) is 1. The van der Waals surface area contributed by atoms with Crippen LogP contribution in [-0.2, 0) is 22.6 Å². The van der Waals surface area contributed by atoms with Crippen molar-refractivity contribution in [1.29, 1.82) is 0 Å². The zero-order chi connectivity index (χ0) is 19.1. The Labute approximate surface area is 159 Å². The van der Waals surface area contributed by atoms with Gasteiger partial charge in [0.2, 0.25) is 0 Å². The number of carbonyl (C=O) groups is 1. The maximum atomic E-state index is 13.0. The SMILES string of the molecule is COCc1ccccc1NC(=O)N(Cc1ccccc1O)C[C@H]1CCCO1. The van der Waals surface area contributed by atoms with E-state index in [1.165, 1.54) is 0 Å². The molecule has 1 heterocycles. The molecule has 0 saturated carbocycles. The zero-order valence-corrected chi connectivity index (χ0v) is 15.6. The zero-order valence-electron chi connectivity index (χ0n) is 15.6. The van der Waals surface area contributed by atoms with Crippen LogP contribution in [-0.4, -0.2) is 42.4 Å². The number of amides is 2. The van der Waals surface area contributed by atoms with Crippen LogP contribution in [0, 0.1) is 0 Å². The van der Waals surface area contributed by atoms with Crippen molar-refractivity contribution < 1.29 is 19.4 Å². The van der Waals surface area contributed by atoms with Crippen LogP contribution in [0.4, 0.5) is 10.5 Å². The lowest BCUT2D eigenvalue weighted by molar-refractivity contribution is 0.0817. The predicted octanol–water partition coefficient (Wildman–Crippen LogP) is 3.75. The van der Waals surface area contributed by atoms with E-state index in [-0.39, 0.29) is 17.9 Å². The van der Waals surface area contributed by atoms with Gasteiger partial charge in [-0.05, 0) is 25.0 Å². The molecule has 0 unspecified atom stereocenters. The molecule has 1 fully saturated rings. The summed E-state index contributed by atoms with van der Waals surface area (Å²) in [7, 11) is 1.63. The number of phenolic OH excluding ortho intramolecular Hbond substituents is 1. The van der Waals surface area contributed by atoms with Crippen LogP contribution >= 0.6 is 0 Å². The largest absolute Gasteiger partial charge is 0.508 e. The number of anilines is 1. The summed E-state index contributed by atoms with van der Waals surface area (Å²) in [5.41, 5.74) is 2.34. The normalized spacial score (nSPS) is 16.3. The van der Waals surface area contributed by atoms with E-state index in [2.05, 4.69) is 5.32 Å². The third kappa shape index (κ3) is 5.21. The fourth-order valence-electron chi connectivity index (χ4n) is 3.22. The number of methoxy groups -OCH3 is 1. The number of urea groups is 1. The topological polar surface area (TPSA) is 71.0 Å². The molecule has 2 amide bonds. The number of hydrogen-bond donors (Lipinski definition) is 2. The monoisotopic (exact) mass is 370 g/mol. The number of aromatic hydroxyl groups is 1. The summed E-state index contributed by atoms with van der Waals surface area (Å²) in [4.78, 5) is 14.7. The molecule has 144 valence electrons. The molecular weight excluding hydrogens is 344 g/mol. The van der Waals surface area contributed by atoms with Gasteiger partial charge in [-0.2, -0.15) is 0 Å². The molecule has 2 aromatic rings. The number of rotatable bonds is 7. The van der Waals surface area contributed by atoms with Crippen LogP contribution < -0.4 is 5.32 Å². The van der Waals surface area contributed by atoms with E-state index >= 15 is 0 Å². The molecule has 1 aliphatic heterocycles. The maximum absolute atomic E-state index is 13.0. The average molecular weight is 370 g/mol. The van der Waals surface area contributed by atoms with Crippen LogP contribution in [0.15, 0.2) is 48.5 Å². The van der Waals surface area contributed by atoms with Crippen molar-refractivity contribution >= 4 is 11.7 Å². The highest BCUT2D eigenvalue weighted by Crippen LogP contribution is 2.22. The highest BCUT2D eigenvalue weighted by molar-refractivity contribution is 5.90. The van der Waals surface area contributed by atoms with Gasteiger partial charge >= 0.3 is 6.03 Å². The number of para-hydroxylation sites is 2. The predicted molar refractivity (Wildman–Crippen MR) is 104 cm³/mol.